The van der Waals surface area contributed by atoms with Gasteiger partial charge in [-0.05, 0) is 18.2 Å². The van der Waals surface area contributed by atoms with Crippen molar-refractivity contribution in [2.75, 3.05) is 5.73 Å². The second-order valence-electron chi connectivity index (χ2n) is 3.52. The van der Waals surface area contributed by atoms with E-state index in [1.807, 2.05) is 0 Å². The number of carboxylic acids is 1. The Hall–Kier alpha value is -1.80. The lowest BCUT2D eigenvalue weighted by molar-refractivity contribution is 0.0693. The molecular formula is C11H8BrN3O3S. The van der Waals surface area contributed by atoms with Crippen molar-refractivity contribution < 1.29 is 9.90 Å². The zero-order valence-corrected chi connectivity index (χ0v) is 11.8. The molecule has 1 aromatic heterocycles. The summed E-state index contributed by atoms with van der Waals surface area (Å²) in [6.45, 7) is 0. The third kappa shape index (κ3) is 3.36. The molecule has 0 saturated carbocycles. The van der Waals surface area contributed by atoms with Gasteiger partial charge in [-0.15, -0.1) is 0 Å². The van der Waals surface area contributed by atoms with E-state index >= 15 is 0 Å². The van der Waals surface area contributed by atoms with E-state index in [0.29, 0.717) is 9.37 Å². The quantitative estimate of drug-likeness (QED) is 0.736. The number of benzene rings is 1. The average molecular weight is 342 g/mol. The minimum Gasteiger partial charge on any atom is -0.478 e. The number of aromatic carboxylic acids is 1. The van der Waals surface area contributed by atoms with Crippen LogP contribution in [0.15, 0.2) is 43.6 Å². The van der Waals surface area contributed by atoms with Crippen LogP contribution in [-0.2, 0) is 0 Å². The maximum Gasteiger partial charge on any atom is 0.336 e. The standard InChI is InChI=1S/C11H8BrN3O3S/c12-5-1-2-7(6(3-5)10(17)18)19-11-14-8(13)4-9(16)15-11/h1-4H,(H,17,18)(H3,13,14,15,16). The molecule has 2 aromatic rings. The summed E-state index contributed by atoms with van der Waals surface area (Å²) < 4.78 is 0.656. The summed E-state index contributed by atoms with van der Waals surface area (Å²) in [6.07, 6.45) is 0. The zero-order chi connectivity index (χ0) is 14.0. The van der Waals surface area contributed by atoms with E-state index in [1.54, 1.807) is 12.1 Å². The summed E-state index contributed by atoms with van der Waals surface area (Å²) in [5.74, 6) is -0.977. The van der Waals surface area contributed by atoms with Crippen molar-refractivity contribution in [2.45, 2.75) is 10.1 Å². The zero-order valence-electron chi connectivity index (χ0n) is 9.38. The molecule has 19 heavy (non-hydrogen) atoms. The van der Waals surface area contributed by atoms with Gasteiger partial charge in [0.1, 0.15) is 5.82 Å². The van der Waals surface area contributed by atoms with Crippen molar-refractivity contribution in [1.82, 2.24) is 9.97 Å². The summed E-state index contributed by atoms with van der Waals surface area (Å²) in [5.41, 5.74) is 5.20. The predicted molar refractivity (Wildman–Crippen MR) is 74.5 cm³/mol. The van der Waals surface area contributed by atoms with Crippen LogP contribution in [0.3, 0.4) is 0 Å². The van der Waals surface area contributed by atoms with Crippen LogP contribution in [0.25, 0.3) is 0 Å². The van der Waals surface area contributed by atoms with Gasteiger partial charge in [0.25, 0.3) is 5.56 Å². The molecule has 0 aliphatic rings. The minimum absolute atomic E-state index is 0.0836. The number of aromatic amines is 1. The molecule has 1 heterocycles. The summed E-state index contributed by atoms with van der Waals surface area (Å²) in [4.78, 5) is 29.3. The summed E-state index contributed by atoms with van der Waals surface area (Å²) in [7, 11) is 0. The molecule has 0 radical (unpaired) electrons. The number of nitrogen functional groups attached to an aromatic ring is 1. The van der Waals surface area contributed by atoms with E-state index in [4.69, 9.17) is 10.8 Å². The van der Waals surface area contributed by atoms with Crippen LogP contribution in [-0.4, -0.2) is 21.0 Å². The van der Waals surface area contributed by atoms with Crippen molar-refractivity contribution in [1.29, 1.82) is 0 Å². The first-order chi connectivity index (χ1) is 8.95. The van der Waals surface area contributed by atoms with Gasteiger partial charge in [-0.25, -0.2) is 9.78 Å². The first-order valence-corrected chi connectivity index (χ1v) is 6.64. The molecule has 6 nitrogen and oxygen atoms in total. The Morgan fingerprint density at radius 1 is 1.42 bits per heavy atom. The largest absolute Gasteiger partial charge is 0.478 e. The molecule has 2 rings (SSSR count). The van der Waals surface area contributed by atoms with Crippen LogP contribution < -0.4 is 11.3 Å². The van der Waals surface area contributed by atoms with Gasteiger partial charge in [0.2, 0.25) is 0 Å². The molecule has 0 aliphatic carbocycles. The second kappa shape index (κ2) is 5.45. The first-order valence-electron chi connectivity index (χ1n) is 5.03. The van der Waals surface area contributed by atoms with Gasteiger partial charge < -0.3 is 15.8 Å². The molecule has 1 aromatic carbocycles. The van der Waals surface area contributed by atoms with Crippen LogP contribution in [0.5, 0.6) is 0 Å². The third-order valence-electron chi connectivity index (χ3n) is 2.12. The summed E-state index contributed by atoms with van der Waals surface area (Å²) in [6, 6.07) is 5.97. The molecule has 0 amide bonds. The number of aromatic nitrogens is 2. The highest BCUT2D eigenvalue weighted by Gasteiger charge is 2.13. The van der Waals surface area contributed by atoms with Gasteiger partial charge in [-0.3, -0.25) is 4.79 Å². The number of hydrogen-bond donors (Lipinski definition) is 3. The lowest BCUT2D eigenvalue weighted by Crippen LogP contribution is -2.09. The number of H-pyrrole nitrogens is 1. The molecule has 0 spiro atoms. The van der Waals surface area contributed by atoms with E-state index in [1.165, 1.54) is 6.07 Å². The second-order valence-corrected chi connectivity index (χ2v) is 5.47. The van der Waals surface area contributed by atoms with Crippen LogP contribution in [0.4, 0.5) is 5.82 Å². The summed E-state index contributed by atoms with van der Waals surface area (Å²) in [5, 5.41) is 9.37. The van der Waals surface area contributed by atoms with E-state index in [0.717, 1.165) is 17.8 Å². The van der Waals surface area contributed by atoms with Crippen LogP contribution in [0, 0.1) is 0 Å². The topological polar surface area (TPSA) is 109 Å². The molecule has 0 unspecified atom stereocenters. The number of carboxylic acid groups (broad SMARTS) is 1. The van der Waals surface area contributed by atoms with Crippen molar-refractivity contribution >= 4 is 39.5 Å². The first kappa shape index (κ1) is 13.6. The maximum atomic E-state index is 11.3. The van der Waals surface area contributed by atoms with Crippen molar-refractivity contribution in [3.63, 3.8) is 0 Å². The number of rotatable bonds is 3. The fourth-order valence-electron chi connectivity index (χ4n) is 1.36. The third-order valence-corrected chi connectivity index (χ3v) is 3.57. The Morgan fingerprint density at radius 2 is 2.16 bits per heavy atom. The highest BCUT2D eigenvalue weighted by Crippen LogP contribution is 2.29. The fourth-order valence-corrected chi connectivity index (χ4v) is 2.63. The lowest BCUT2D eigenvalue weighted by atomic mass is 10.2. The summed E-state index contributed by atoms with van der Waals surface area (Å²) >= 11 is 4.24. The molecule has 98 valence electrons. The predicted octanol–water partition coefficient (Wildman–Crippen LogP) is 1.96. The number of hydrogen-bond acceptors (Lipinski definition) is 5. The van der Waals surface area contributed by atoms with Gasteiger partial charge in [0.05, 0.1) is 5.56 Å². The van der Waals surface area contributed by atoms with Gasteiger partial charge in [-0.2, -0.15) is 0 Å². The van der Waals surface area contributed by atoms with Crippen molar-refractivity contribution in [2.24, 2.45) is 0 Å². The Morgan fingerprint density at radius 3 is 2.79 bits per heavy atom. The lowest BCUT2D eigenvalue weighted by Gasteiger charge is -2.06. The van der Waals surface area contributed by atoms with Gasteiger partial charge >= 0.3 is 5.97 Å². The molecule has 4 N–H and O–H groups in total. The Labute approximate surface area is 120 Å². The van der Waals surface area contributed by atoms with Crippen LogP contribution in [0.1, 0.15) is 10.4 Å². The number of halogens is 1. The fraction of sp³-hybridized carbons (Fsp3) is 0. The van der Waals surface area contributed by atoms with E-state index < -0.39 is 5.97 Å². The van der Waals surface area contributed by atoms with Crippen molar-refractivity contribution in [3.8, 4) is 0 Å². The highest BCUT2D eigenvalue weighted by atomic mass is 79.9. The number of nitrogens with two attached hydrogens (primary N) is 1. The van der Waals surface area contributed by atoms with E-state index in [9.17, 15) is 9.59 Å². The smallest absolute Gasteiger partial charge is 0.336 e. The van der Waals surface area contributed by atoms with Crippen molar-refractivity contribution in [3.05, 3.63) is 44.7 Å². The van der Waals surface area contributed by atoms with Gasteiger partial charge in [0, 0.05) is 15.4 Å². The van der Waals surface area contributed by atoms with Gasteiger partial charge in [0.15, 0.2) is 5.16 Å². The molecule has 0 atom stereocenters. The van der Waals surface area contributed by atoms with E-state index in [2.05, 4.69) is 25.9 Å². The molecular weight excluding hydrogens is 334 g/mol. The number of nitrogens with zero attached hydrogens (tertiary/aromatic N) is 1. The number of nitrogens with one attached hydrogen (secondary N) is 1. The average Bonchev–Trinajstić information content (AvgIpc) is 2.30. The molecule has 8 heteroatoms. The Kier molecular flexibility index (Phi) is 3.91. The highest BCUT2D eigenvalue weighted by molar-refractivity contribution is 9.10. The molecule has 0 bridgehead atoms. The van der Waals surface area contributed by atoms with Crippen LogP contribution >= 0.6 is 27.7 Å². The van der Waals surface area contributed by atoms with Crippen LogP contribution in [0.2, 0.25) is 0 Å². The minimum atomic E-state index is -1.06. The normalized spacial score (nSPS) is 10.4. The molecule has 0 fully saturated rings. The monoisotopic (exact) mass is 341 g/mol. The van der Waals surface area contributed by atoms with E-state index in [-0.39, 0.29) is 22.1 Å². The number of anilines is 1. The SMILES string of the molecule is Nc1cc(=O)[nH]c(Sc2ccc(Br)cc2C(=O)O)n1. The van der Waals surface area contributed by atoms with Gasteiger partial charge in [-0.1, -0.05) is 27.7 Å². The maximum absolute atomic E-state index is 11.3. The Balaban J connectivity index is 2.43. The Bertz CT molecular complexity index is 702. The molecule has 0 aliphatic heterocycles. The number of carbonyl (C=O) groups is 1. The molecule has 0 saturated heterocycles.